The molecule has 1 fully saturated rings. The van der Waals surface area contributed by atoms with Crippen molar-refractivity contribution >= 4 is 38.6 Å². The molecule has 2 aromatic carbocycles. The van der Waals surface area contributed by atoms with Gasteiger partial charge in [-0.1, -0.05) is 24.3 Å². The second-order valence-corrected chi connectivity index (χ2v) is 10.2. The van der Waals surface area contributed by atoms with Crippen LogP contribution in [0.15, 0.2) is 76.3 Å². The van der Waals surface area contributed by atoms with Gasteiger partial charge < -0.3 is 9.80 Å². The molecule has 0 bridgehead atoms. The van der Waals surface area contributed by atoms with Crippen molar-refractivity contribution in [1.29, 1.82) is 0 Å². The standard InChI is InChI=1S/C22H22FN3O3S2/c23-18-8-10-20(11-9-18)26(31(28,29)22-7-4-16-30-22)17-21(27)25-14-12-24(13-15-25)19-5-2-1-3-6-19/h1-11,16H,12-15,17H2. The fourth-order valence-corrected chi connectivity index (χ4v) is 6.04. The van der Waals surface area contributed by atoms with E-state index in [1.165, 1.54) is 30.3 Å². The molecule has 0 atom stereocenters. The lowest BCUT2D eigenvalue weighted by molar-refractivity contribution is -0.129. The van der Waals surface area contributed by atoms with Crippen LogP contribution >= 0.6 is 11.3 Å². The summed E-state index contributed by atoms with van der Waals surface area (Å²) < 4.78 is 41.0. The largest absolute Gasteiger partial charge is 0.368 e. The van der Waals surface area contributed by atoms with Crippen LogP contribution in [0, 0.1) is 5.82 Å². The monoisotopic (exact) mass is 459 g/mol. The third-order valence-corrected chi connectivity index (χ3v) is 8.33. The van der Waals surface area contributed by atoms with Crippen LogP contribution in [0.3, 0.4) is 0 Å². The van der Waals surface area contributed by atoms with Gasteiger partial charge in [0.05, 0.1) is 5.69 Å². The summed E-state index contributed by atoms with van der Waals surface area (Å²) in [6.07, 6.45) is 0. The topological polar surface area (TPSA) is 60.9 Å². The Bertz CT molecular complexity index is 1110. The van der Waals surface area contributed by atoms with E-state index in [1.54, 1.807) is 16.3 Å². The van der Waals surface area contributed by atoms with Gasteiger partial charge in [0, 0.05) is 31.9 Å². The van der Waals surface area contributed by atoms with E-state index in [9.17, 15) is 17.6 Å². The number of rotatable bonds is 6. The van der Waals surface area contributed by atoms with Gasteiger partial charge in [0.2, 0.25) is 5.91 Å². The molecule has 31 heavy (non-hydrogen) atoms. The van der Waals surface area contributed by atoms with Crippen LogP contribution in [-0.4, -0.2) is 51.9 Å². The predicted molar refractivity (Wildman–Crippen MR) is 120 cm³/mol. The molecule has 4 rings (SSSR count). The van der Waals surface area contributed by atoms with Crippen LogP contribution in [0.25, 0.3) is 0 Å². The predicted octanol–water partition coefficient (Wildman–Crippen LogP) is 3.43. The highest BCUT2D eigenvalue weighted by molar-refractivity contribution is 7.94. The van der Waals surface area contributed by atoms with Crippen LogP contribution in [0.1, 0.15) is 0 Å². The summed E-state index contributed by atoms with van der Waals surface area (Å²) in [4.78, 5) is 16.9. The SMILES string of the molecule is O=C(CN(c1ccc(F)cc1)S(=O)(=O)c1cccs1)N1CCN(c2ccccc2)CC1. The molecule has 1 aliphatic heterocycles. The fourth-order valence-electron chi connectivity index (χ4n) is 3.52. The van der Waals surface area contributed by atoms with E-state index in [0.717, 1.165) is 21.3 Å². The van der Waals surface area contributed by atoms with Crippen molar-refractivity contribution in [1.82, 2.24) is 4.90 Å². The van der Waals surface area contributed by atoms with E-state index in [0.29, 0.717) is 26.2 Å². The Morgan fingerprint density at radius 3 is 2.23 bits per heavy atom. The number of hydrogen-bond acceptors (Lipinski definition) is 5. The van der Waals surface area contributed by atoms with Crippen LogP contribution in [0.4, 0.5) is 15.8 Å². The molecular formula is C22H22FN3O3S2. The van der Waals surface area contributed by atoms with Crippen molar-refractivity contribution < 1.29 is 17.6 Å². The van der Waals surface area contributed by atoms with Gasteiger partial charge in [0.15, 0.2) is 0 Å². The molecule has 0 aliphatic carbocycles. The number of piperazine rings is 1. The number of para-hydroxylation sites is 1. The lowest BCUT2D eigenvalue weighted by atomic mass is 10.2. The smallest absolute Gasteiger partial charge is 0.274 e. The van der Waals surface area contributed by atoms with Gasteiger partial charge in [-0.2, -0.15) is 0 Å². The first kappa shape index (κ1) is 21.3. The van der Waals surface area contributed by atoms with Gasteiger partial charge >= 0.3 is 0 Å². The van der Waals surface area contributed by atoms with Crippen molar-refractivity contribution in [2.75, 3.05) is 41.9 Å². The minimum Gasteiger partial charge on any atom is -0.368 e. The van der Waals surface area contributed by atoms with Crippen molar-refractivity contribution in [2.24, 2.45) is 0 Å². The van der Waals surface area contributed by atoms with E-state index >= 15 is 0 Å². The molecule has 1 amide bonds. The molecule has 0 saturated carbocycles. The summed E-state index contributed by atoms with van der Waals surface area (Å²) in [5.74, 6) is -0.752. The van der Waals surface area contributed by atoms with E-state index in [4.69, 9.17) is 0 Å². The van der Waals surface area contributed by atoms with Crippen LogP contribution in [0.2, 0.25) is 0 Å². The molecule has 0 spiro atoms. The Morgan fingerprint density at radius 2 is 1.61 bits per heavy atom. The molecule has 0 radical (unpaired) electrons. The zero-order valence-electron chi connectivity index (χ0n) is 16.7. The molecule has 1 saturated heterocycles. The molecule has 1 aliphatic rings. The summed E-state index contributed by atoms with van der Waals surface area (Å²) in [7, 11) is -3.94. The first-order valence-corrected chi connectivity index (χ1v) is 12.2. The van der Waals surface area contributed by atoms with Crippen LogP contribution < -0.4 is 9.21 Å². The molecule has 162 valence electrons. The molecule has 6 nitrogen and oxygen atoms in total. The van der Waals surface area contributed by atoms with Crippen LogP contribution in [-0.2, 0) is 14.8 Å². The van der Waals surface area contributed by atoms with E-state index in [2.05, 4.69) is 4.90 Å². The van der Waals surface area contributed by atoms with Gasteiger partial charge in [-0.05, 0) is 47.8 Å². The van der Waals surface area contributed by atoms with Crippen molar-refractivity contribution in [2.45, 2.75) is 4.21 Å². The van der Waals surface area contributed by atoms with E-state index < -0.39 is 15.8 Å². The lowest BCUT2D eigenvalue weighted by Gasteiger charge is -2.37. The number of nitrogens with zero attached hydrogens (tertiary/aromatic N) is 3. The maximum absolute atomic E-state index is 13.4. The van der Waals surface area contributed by atoms with E-state index in [1.807, 2.05) is 30.3 Å². The number of halogens is 1. The maximum atomic E-state index is 13.4. The summed E-state index contributed by atoms with van der Waals surface area (Å²) in [6.45, 7) is 2.01. The van der Waals surface area contributed by atoms with Crippen molar-refractivity contribution in [3.8, 4) is 0 Å². The number of benzene rings is 2. The summed E-state index contributed by atoms with van der Waals surface area (Å²) in [6, 6.07) is 18.2. The Labute approximate surface area is 185 Å². The molecule has 3 aromatic rings. The van der Waals surface area contributed by atoms with Crippen LogP contribution in [0.5, 0.6) is 0 Å². The minimum absolute atomic E-state index is 0.138. The maximum Gasteiger partial charge on any atom is 0.274 e. The lowest BCUT2D eigenvalue weighted by Crippen LogP contribution is -2.52. The zero-order chi connectivity index (χ0) is 21.8. The quantitative estimate of drug-likeness (QED) is 0.567. The highest BCUT2D eigenvalue weighted by Crippen LogP contribution is 2.27. The average Bonchev–Trinajstić information content (AvgIpc) is 3.35. The number of anilines is 2. The van der Waals surface area contributed by atoms with Gasteiger partial charge in [-0.25, -0.2) is 12.8 Å². The fraction of sp³-hybridized carbons (Fsp3) is 0.227. The van der Waals surface area contributed by atoms with Gasteiger partial charge in [-0.15, -0.1) is 11.3 Å². The molecule has 1 aromatic heterocycles. The van der Waals surface area contributed by atoms with E-state index in [-0.39, 0.29) is 22.3 Å². The number of carbonyl (C=O) groups excluding carboxylic acids is 1. The highest BCUT2D eigenvalue weighted by atomic mass is 32.2. The molecule has 2 heterocycles. The Morgan fingerprint density at radius 1 is 0.935 bits per heavy atom. The minimum atomic E-state index is -3.94. The molecular weight excluding hydrogens is 437 g/mol. The Hall–Kier alpha value is -2.91. The van der Waals surface area contributed by atoms with Crippen molar-refractivity contribution in [3.63, 3.8) is 0 Å². The number of amides is 1. The number of sulfonamides is 1. The second-order valence-electron chi connectivity index (χ2n) is 7.12. The summed E-state index contributed by atoms with van der Waals surface area (Å²) >= 11 is 1.08. The molecule has 0 unspecified atom stereocenters. The van der Waals surface area contributed by atoms with Gasteiger partial charge in [0.25, 0.3) is 10.0 Å². The number of hydrogen-bond donors (Lipinski definition) is 0. The Balaban J connectivity index is 1.51. The Kier molecular flexibility index (Phi) is 6.24. The second kappa shape index (κ2) is 9.07. The third-order valence-electron chi connectivity index (χ3n) is 5.19. The first-order valence-electron chi connectivity index (χ1n) is 9.85. The number of thiophene rings is 1. The average molecular weight is 460 g/mol. The third kappa shape index (κ3) is 4.72. The van der Waals surface area contributed by atoms with Gasteiger partial charge in [0.1, 0.15) is 16.6 Å². The van der Waals surface area contributed by atoms with Gasteiger partial charge in [-0.3, -0.25) is 9.10 Å². The summed E-state index contributed by atoms with van der Waals surface area (Å²) in [5, 5.41) is 1.67. The molecule has 9 heteroatoms. The highest BCUT2D eigenvalue weighted by Gasteiger charge is 2.31. The normalized spacial score (nSPS) is 14.5. The van der Waals surface area contributed by atoms with Crippen molar-refractivity contribution in [3.05, 3.63) is 77.9 Å². The molecule has 0 N–H and O–H groups in total. The first-order chi connectivity index (χ1) is 14.9. The summed E-state index contributed by atoms with van der Waals surface area (Å²) in [5.41, 5.74) is 1.36. The zero-order valence-corrected chi connectivity index (χ0v) is 18.4. The number of carbonyl (C=O) groups is 1.